The fourth-order valence-electron chi connectivity index (χ4n) is 2.70. The van der Waals surface area contributed by atoms with Gasteiger partial charge in [0.25, 0.3) is 0 Å². The minimum Gasteiger partial charge on any atom is -0.481 e. The summed E-state index contributed by atoms with van der Waals surface area (Å²) in [5, 5.41) is 9.41. The van der Waals surface area contributed by atoms with Crippen molar-refractivity contribution >= 4 is 5.97 Å². The topological polar surface area (TPSA) is 37.3 Å². The average Bonchev–Trinajstić information content (AvgIpc) is 2.76. The maximum atomic E-state index is 11.4. The summed E-state index contributed by atoms with van der Waals surface area (Å²) in [5.74, 6) is -0.961. The van der Waals surface area contributed by atoms with E-state index >= 15 is 0 Å². The minimum atomic E-state index is -0.690. The van der Waals surface area contributed by atoms with Gasteiger partial charge in [0, 0.05) is 0 Å². The third-order valence-electron chi connectivity index (χ3n) is 4.45. The van der Waals surface area contributed by atoms with Crippen molar-refractivity contribution in [3.8, 4) is 0 Å². The van der Waals surface area contributed by atoms with Crippen LogP contribution in [-0.2, 0) is 4.79 Å². The molecule has 0 aromatic heterocycles. The second-order valence-corrected chi connectivity index (χ2v) is 7.11. The highest BCUT2D eigenvalue weighted by atomic mass is 16.4. The van der Waals surface area contributed by atoms with Crippen molar-refractivity contribution in [2.24, 2.45) is 5.92 Å². The molecule has 1 unspecified atom stereocenters. The first-order chi connectivity index (χ1) is 15.2. The average molecular weight is 421 g/mol. The van der Waals surface area contributed by atoms with Crippen LogP contribution in [-0.4, -0.2) is 11.1 Å². The molecule has 0 saturated carbocycles. The Morgan fingerprint density at radius 3 is 1.68 bits per heavy atom. The van der Waals surface area contributed by atoms with Crippen molar-refractivity contribution in [1.29, 1.82) is 0 Å². The van der Waals surface area contributed by atoms with Crippen molar-refractivity contribution in [1.82, 2.24) is 0 Å². The Morgan fingerprint density at radius 1 is 0.677 bits per heavy atom. The van der Waals surface area contributed by atoms with Gasteiger partial charge in [-0.2, -0.15) is 0 Å². The molecule has 0 heterocycles. The van der Waals surface area contributed by atoms with Gasteiger partial charge in [-0.15, -0.1) is 6.58 Å². The number of allylic oxidation sites excluding steroid dienone is 17. The Morgan fingerprint density at radius 2 is 1.16 bits per heavy atom. The SMILES string of the molecule is C=CCCCC=CC=CC=CC=CCCC(CCCC=CC=CC=CC=CC)C(=O)O. The molecule has 0 amide bonds. The zero-order valence-electron chi connectivity index (χ0n) is 19.1. The van der Waals surface area contributed by atoms with Crippen LogP contribution in [0.5, 0.6) is 0 Å². The summed E-state index contributed by atoms with van der Waals surface area (Å²) in [5.41, 5.74) is 0. The molecular weight excluding hydrogens is 380 g/mol. The van der Waals surface area contributed by atoms with Crippen LogP contribution in [0.3, 0.4) is 0 Å². The van der Waals surface area contributed by atoms with Crippen molar-refractivity contribution in [3.63, 3.8) is 0 Å². The fraction of sp³-hybridized carbons (Fsp3) is 0.345. The van der Waals surface area contributed by atoms with Gasteiger partial charge in [-0.25, -0.2) is 0 Å². The Balaban J connectivity index is 4.00. The zero-order valence-corrected chi connectivity index (χ0v) is 19.1. The minimum absolute atomic E-state index is 0.271. The normalized spacial score (nSPS) is 14.2. The quantitative estimate of drug-likeness (QED) is 0.137. The third-order valence-corrected chi connectivity index (χ3v) is 4.45. The lowest BCUT2D eigenvalue weighted by Gasteiger charge is -2.09. The van der Waals surface area contributed by atoms with Crippen LogP contribution in [0.2, 0.25) is 0 Å². The molecule has 1 N–H and O–H groups in total. The number of carboxylic acid groups (broad SMARTS) is 1. The third kappa shape index (κ3) is 21.7. The van der Waals surface area contributed by atoms with Crippen LogP contribution in [0.25, 0.3) is 0 Å². The molecule has 0 rings (SSSR count). The maximum Gasteiger partial charge on any atom is 0.306 e. The molecule has 0 aliphatic carbocycles. The van der Waals surface area contributed by atoms with Crippen molar-refractivity contribution in [3.05, 3.63) is 110 Å². The molecule has 31 heavy (non-hydrogen) atoms. The van der Waals surface area contributed by atoms with E-state index in [1.54, 1.807) is 0 Å². The van der Waals surface area contributed by atoms with Gasteiger partial charge in [-0.05, 0) is 58.3 Å². The zero-order chi connectivity index (χ0) is 22.8. The molecular formula is C29H40O2. The summed E-state index contributed by atoms with van der Waals surface area (Å²) in [6, 6.07) is 0. The molecule has 0 saturated heterocycles. The molecule has 2 nitrogen and oxygen atoms in total. The van der Waals surface area contributed by atoms with Crippen LogP contribution < -0.4 is 0 Å². The molecule has 0 fully saturated rings. The van der Waals surface area contributed by atoms with E-state index in [-0.39, 0.29) is 5.92 Å². The largest absolute Gasteiger partial charge is 0.481 e. The van der Waals surface area contributed by atoms with Gasteiger partial charge in [-0.1, -0.05) is 103 Å². The molecule has 0 aliphatic heterocycles. The fourth-order valence-corrected chi connectivity index (χ4v) is 2.70. The van der Waals surface area contributed by atoms with E-state index in [1.165, 1.54) is 0 Å². The van der Waals surface area contributed by atoms with Crippen molar-refractivity contribution < 1.29 is 9.90 Å². The number of hydrogen-bond donors (Lipinski definition) is 1. The number of unbranched alkanes of at least 4 members (excludes halogenated alkanes) is 3. The highest BCUT2D eigenvalue weighted by Gasteiger charge is 2.15. The van der Waals surface area contributed by atoms with Gasteiger partial charge in [-0.3, -0.25) is 4.79 Å². The van der Waals surface area contributed by atoms with Gasteiger partial charge in [0.2, 0.25) is 0 Å². The molecule has 0 bridgehead atoms. The molecule has 0 aromatic rings. The monoisotopic (exact) mass is 420 g/mol. The van der Waals surface area contributed by atoms with Crippen LogP contribution in [0.1, 0.15) is 58.3 Å². The van der Waals surface area contributed by atoms with Gasteiger partial charge in [0.05, 0.1) is 5.92 Å². The van der Waals surface area contributed by atoms with Gasteiger partial charge in [0.15, 0.2) is 0 Å². The molecule has 0 radical (unpaired) electrons. The molecule has 0 aliphatic rings. The first-order valence-electron chi connectivity index (χ1n) is 11.3. The van der Waals surface area contributed by atoms with E-state index in [4.69, 9.17) is 0 Å². The molecule has 2 heteroatoms. The Bertz CT molecular complexity index is 682. The number of hydrogen-bond acceptors (Lipinski definition) is 1. The summed E-state index contributed by atoms with van der Waals surface area (Å²) in [7, 11) is 0. The molecule has 1 atom stereocenters. The Kier molecular flexibility index (Phi) is 21.2. The smallest absolute Gasteiger partial charge is 0.306 e. The van der Waals surface area contributed by atoms with E-state index in [2.05, 4.69) is 24.8 Å². The lowest BCUT2D eigenvalue weighted by Crippen LogP contribution is -2.13. The number of carbonyl (C=O) groups is 1. The van der Waals surface area contributed by atoms with E-state index in [9.17, 15) is 9.90 Å². The summed E-state index contributed by atoms with van der Waals surface area (Å²) >= 11 is 0. The molecule has 0 spiro atoms. The van der Waals surface area contributed by atoms with Crippen LogP contribution >= 0.6 is 0 Å². The highest BCUT2D eigenvalue weighted by molar-refractivity contribution is 5.69. The Hall–Kier alpha value is -2.87. The summed E-state index contributed by atoms with van der Waals surface area (Å²) in [4.78, 5) is 11.4. The maximum absolute atomic E-state index is 11.4. The second kappa shape index (κ2) is 23.4. The van der Waals surface area contributed by atoms with Gasteiger partial charge < -0.3 is 5.11 Å². The molecule has 168 valence electrons. The highest BCUT2D eigenvalue weighted by Crippen LogP contribution is 2.16. The van der Waals surface area contributed by atoms with E-state index in [0.717, 1.165) is 44.9 Å². The number of aliphatic carboxylic acids is 1. The van der Waals surface area contributed by atoms with Crippen LogP contribution in [0.15, 0.2) is 110 Å². The number of rotatable bonds is 18. The van der Waals surface area contributed by atoms with E-state index < -0.39 is 5.97 Å². The predicted molar refractivity (Wildman–Crippen MR) is 137 cm³/mol. The van der Waals surface area contributed by atoms with Gasteiger partial charge >= 0.3 is 5.97 Å². The lowest BCUT2D eigenvalue weighted by atomic mass is 9.96. The first-order valence-corrected chi connectivity index (χ1v) is 11.3. The second-order valence-electron chi connectivity index (χ2n) is 7.11. The summed E-state index contributed by atoms with van der Waals surface area (Å²) < 4.78 is 0. The molecule has 0 aromatic carbocycles. The lowest BCUT2D eigenvalue weighted by molar-refractivity contribution is -0.142. The number of carboxylic acids is 1. The van der Waals surface area contributed by atoms with Crippen molar-refractivity contribution in [2.45, 2.75) is 58.3 Å². The van der Waals surface area contributed by atoms with E-state index in [0.29, 0.717) is 6.42 Å². The summed E-state index contributed by atoms with van der Waals surface area (Å²) in [6.07, 6.45) is 41.4. The van der Waals surface area contributed by atoms with Crippen LogP contribution in [0, 0.1) is 5.92 Å². The standard InChI is InChI=1S/C29H40O2/c1-3-5-7-9-11-13-15-16-17-19-21-23-25-27-28(29(30)31)26-24-22-20-18-14-12-10-8-6-4-2/h3-4,6,8,10-21,23,28H,1,5,7,9,22,24-27H2,2H3,(H,30,31). The predicted octanol–water partition coefficient (Wildman–Crippen LogP) is 8.46. The van der Waals surface area contributed by atoms with E-state index in [1.807, 2.05) is 92.0 Å². The van der Waals surface area contributed by atoms with Gasteiger partial charge in [0.1, 0.15) is 0 Å². The van der Waals surface area contributed by atoms with Crippen molar-refractivity contribution in [2.75, 3.05) is 0 Å². The summed E-state index contributed by atoms with van der Waals surface area (Å²) in [6.45, 7) is 5.70. The Labute approximate surface area is 190 Å². The first kappa shape index (κ1) is 28.1. The van der Waals surface area contributed by atoms with Crippen LogP contribution in [0.4, 0.5) is 0 Å².